The molecule has 0 aliphatic heterocycles. The van der Waals surface area contributed by atoms with Crippen LogP contribution in [0, 0.1) is 11.2 Å². The van der Waals surface area contributed by atoms with Crippen molar-refractivity contribution in [2.24, 2.45) is 5.41 Å². The number of halogens is 3. The SMILES string of the molecule is CC(C)(C)C(=O)Oc1cc(=O)[nH]c2ccc(-c3nc([C@H](Cc4ccccc4)NC(=O)NCc4cccc(Cl)c4F)[nH]c3Cl)cc12. The van der Waals surface area contributed by atoms with Crippen molar-refractivity contribution in [1.82, 2.24) is 25.6 Å². The topological polar surface area (TPSA) is 129 Å². The Morgan fingerprint density at radius 2 is 1.76 bits per heavy atom. The summed E-state index contributed by atoms with van der Waals surface area (Å²) in [5.41, 5.74) is 1.39. The van der Waals surface area contributed by atoms with E-state index >= 15 is 0 Å². The van der Waals surface area contributed by atoms with E-state index in [1.807, 2.05) is 30.3 Å². The lowest BCUT2D eigenvalue weighted by atomic mass is 9.97. The maximum atomic E-state index is 14.4. The number of aromatic amines is 2. The molecule has 2 heterocycles. The van der Waals surface area contributed by atoms with Gasteiger partial charge in [-0.15, -0.1) is 0 Å². The minimum absolute atomic E-state index is 0.0334. The van der Waals surface area contributed by atoms with Crippen LogP contribution in [0.3, 0.4) is 0 Å². The number of H-pyrrole nitrogens is 2. The lowest BCUT2D eigenvalue weighted by molar-refractivity contribution is -0.142. The molecule has 0 saturated heterocycles. The Balaban J connectivity index is 1.45. The standard InChI is InChI=1S/C33H30Cl2FN5O4/c1-33(2,3)31(43)45-25-16-26(42)38-23-13-12-19(15-21(23)25)28-29(35)41-30(40-28)24(14-18-8-5-4-6-9-18)39-32(44)37-17-20-10-7-11-22(34)27(20)36/h4-13,15-16,24H,14,17H2,1-3H3,(H,38,42)(H,40,41)(H2,37,39,44)/t24-/m0/s1. The number of carbonyl (C=O) groups excluding carboxylic acids is 2. The van der Waals surface area contributed by atoms with Crippen LogP contribution in [0.15, 0.2) is 77.6 Å². The molecule has 45 heavy (non-hydrogen) atoms. The Kier molecular flexibility index (Phi) is 9.27. The summed E-state index contributed by atoms with van der Waals surface area (Å²) in [5.74, 6) is -0.604. The quantitative estimate of drug-likeness (QED) is 0.133. The summed E-state index contributed by atoms with van der Waals surface area (Å²) in [6, 6.07) is 19.2. The van der Waals surface area contributed by atoms with Gasteiger partial charge in [0.1, 0.15) is 28.2 Å². The largest absolute Gasteiger partial charge is 0.425 e. The summed E-state index contributed by atoms with van der Waals surface area (Å²) in [4.78, 5) is 48.5. The molecule has 0 radical (unpaired) electrons. The maximum Gasteiger partial charge on any atom is 0.316 e. The number of ether oxygens (including phenoxy) is 1. The van der Waals surface area contributed by atoms with Crippen molar-refractivity contribution in [3.63, 3.8) is 0 Å². The number of rotatable bonds is 8. The first-order chi connectivity index (χ1) is 21.4. The van der Waals surface area contributed by atoms with E-state index in [0.29, 0.717) is 34.4 Å². The van der Waals surface area contributed by atoms with Crippen LogP contribution in [-0.2, 0) is 17.8 Å². The van der Waals surface area contributed by atoms with Crippen molar-refractivity contribution in [2.45, 2.75) is 39.8 Å². The summed E-state index contributed by atoms with van der Waals surface area (Å²) in [5, 5.41) is 6.23. The van der Waals surface area contributed by atoms with E-state index < -0.39 is 34.8 Å². The van der Waals surface area contributed by atoms with Crippen molar-refractivity contribution < 1.29 is 18.7 Å². The zero-order chi connectivity index (χ0) is 32.3. The lowest BCUT2D eigenvalue weighted by Crippen LogP contribution is -2.39. The molecule has 3 aromatic carbocycles. The average Bonchev–Trinajstić information content (AvgIpc) is 3.38. The number of benzene rings is 3. The molecule has 0 unspecified atom stereocenters. The summed E-state index contributed by atoms with van der Waals surface area (Å²) >= 11 is 12.5. The molecule has 0 spiro atoms. The maximum absolute atomic E-state index is 14.4. The monoisotopic (exact) mass is 649 g/mol. The van der Waals surface area contributed by atoms with Gasteiger partial charge in [0, 0.05) is 29.1 Å². The zero-order valence-electron chi connectivity index (χ0n) is 24.6. The molecule has 1 atom stereocenters. The van der Waals surface area contributed by atoms with Crippen molar-refractivity contribution in [3.8, 4) is 17.0 Å². The predicted octanol–water partition coefficient (Wildman–Crippen LogP) is 7.10. The minimum Gasteiger partial charge on any atom is -0.425 e. The fourth-order valence-corrected chi connectivity index (χ4v) is 5.01. The third-order valence-corrected chi connectivity index (χ3v) is 7.53. The normalized spacial score (nSPS) is 12.1. The van der Waals surface area contributed by atoms with Gasteiger partial charge >= 0.3 is 12.0 Å². The second-order valence-electron chi connectivity index (χ2n) is 11.5. The number of nitrogens with zero attached hydrogens (tertiary/aromatic N) is 1. The molecule has 0 fully saturated rings. The number of aromatic nitrogens is 3. The highest BCUT2D eigenvalue weighted by atomic mass is 35.5. The van der Waals surface area contributed by atoms with Crippen LogP contribution >= 0.6 is 23.2 Å². The van der Waals surface area contributed by atoms with Gasteiger partial charge in [-0.2, -0.15) is 0 Å². The van der Waals surface area contributed by atoms with Crippen molar-refractivity contribution >= 4 is 46.1 Å². The van der Waals surface area contributed by atoms with E-state index in [2.05, 4.69) is 20.6 Å². The Morgan fingerprint density at radius 3 is 2.49 bits per heavy atom. The first-order valence-corrected chi connectivity index (χ1v) is 14.8. The number of nitrogens with one attached hydrogen (secondary N) is 4. The number of esters is 1. The molecule has 232 valence electrons. The highest BCUT2D eigenvalue weighted by Gasteiger charge is 2.26. The third kappa shape index (κ3) is 7.53. The minimum atomic E-state index is -0.789. The number of hydrogen-bond donors (Lipinski definition) is 4. The molecular formula is C33H30Cl2FN5O4. The van der Waals surface area contributed by atoms with Gasteiger partial charge in [0.2, 0.25) is 0 Å². The van der Waals surface area contributed by atoms with E-state index in [4.69, 9.17) is 32.9 Å². The second-order valence-corrected chi connectivity index (χ2v) is 12.2. The van der Waals surface area contributed by atoms with Crippen molar-refractivity contribution in [1.29, 1.82) is 0 Å². The number of hydrogen-bond acceptors (Lipinski definition) is 5. The van der Waals surface area contributed by atoms with Crippen molar-refractivity contribution in [3.05, 3.63) is 116 Å². The van der Waals surface area contributed by atoms with E-state index in [0.717, 1.165) is 5.56 Å². The van der Waals surface area contributed by atoms with E-state index in [1.165, 1.54) is 18.2 Å². The van der Waals surface area contributed by atoms with Gasteiger partial charge in [-0.25, -0.2) is 14.2 Å². The van der Waals surface area contributed by atoms with Crippen LogP contribution in [0.5, 0.6) is 5.75 Å². The first kappa shape index (κ1) is 31.7. The zero-order valence-corrected chi connectivity index (χ0v) is 26.1. The summed E-state index contributed by atoms with van der Waals surface area (Å²) < 4.78 is 20.0. The molecular weight excluding hydrogens is 620 g/mol. The molecule has 0 aliphatic rings. The Bertz CT molecular complexity index is 1940. The summed E-state index contributed by atoms with van der Waals surface area (Å²) in [6.07, 6.45) is 0.370. The predicted molar refractivity (Wildman–Crippen MR) is 172 cm³/mol. The molecule has 0 aliphatic carbocycles. The Hall–Kier alpha value is -4.67. The number of urea groups is 1. The number of carbonyl (C=O) groups is 2. The van der Waals surface area contributed by atoms with E-state index in [-0.39, 0.29) is 28.0 Å². The van der Waals surface area contributed by atoms with Crippen LogP contribution in [0.2, 0.25) is 10.2 Å². The number of fused-ring (bicyclic) bond motifs is 1. The van der Waals surface area contributed by atoms with Gasteiger partial charge in [-0.1, -0.05) is 71.7 Å². The Morgan fingerprint density at radius 1 is 1.00 bits per heavy atom. The fourth-order valence-electron chi connectivity index (χ4n) is 4.57. The smallest absolute Gasteiger partial charge is 0.316 e. The summed E-state index contributed by atoms with van der Waals surface area (Å²) in [7, 11) is 0. The molecule has 0 saturated carbocycles. The molecule has 2 amide bonds. The van der Waals surface area contributed by atoms with Gasteiger partial charge in [-0.3, -0.25) is 9.59 Å². The van der Waals surface area contributed by atoms with Crippen LogP contribution in [0.4, 0.5) is 9.18 Å². The molecule has 2 aromatic heterocycles. The van der Waals surface area contributed by atoms with Gasteiger partial charge < -0.3 is 25.3 Å². The molecule has 12 heteroatoms. The van der Waals surface area contributed by atoms with Crippen LogP contribution in [0.1, 0.15) is 43.8 Å². The van der Waals surface area contributed by atoms with Gasteiger partial charge in [-0.05, 0) is 51.0 Å². The number of imidazole rings is 1. The summed E-state index contributed by atoms with van der Waals surface area (Å²) in [6.45, 7) is 5.08. The Labute approximate surface area is 268 Å². The molecule has 5 rings (SSSR count). The number of pyridine rings is 1. The van der Waals surface area contributed by atoms with Crippen LogP contribution in [0.25, 0.3) is 22.2 Å². The fraction of sp³-hybridized carbons (Fsp3) is 0.212. The highest BCUT2D eigenvalue weighted by molar-refractivity contribution is 6.32. The number of amides is 2. The van der Waals surface area contributed by atoms with E-state index in [9.17, 15) is 18.8 Å². The van der Waals surface area contributed by atoms with Crippen LogP contribution in [-0.4, -0.2) is 27.0 Å². The lowest BCUT2D eigenvalue weighted by Gasteiger charge is -2.18. The highest BCUT2D eigenvalue weighted by Crippen LogP contribution is 2.33. The third-order valence-electron chi connectivity index (χ3n) is 6.96. The molecule has 5 aromatic rings. The molecule has 0 bridgehead atoms. The second kappa shape index (κ2) is 13.1. The molecule has 4 N–H and O–H groups in total. The van der Waals surface area contributed by atoms with Crippen LogP contribution < -0.4 is 20.9 Å². The average molecular weight is 651 g/mol. The molecule has 9 nitrogen and oxygen atoms in total. The first-order valence-electron chi connectivity index (χ1n) is 14.1. The van der Waals surface area contributed by atoms with E-state index in [1.54, 1.807) is 45.0 Å². The van der Waals surface area contributed by atoms with Gasteiger partial charge in [0.05, 0.1) is 22.0 Å². The van der Waals surface area contributed by atoms with Gasteiger partial charge in [0.15, 0.2) is 0 Å². The van der Waals surface area contributed by atoms with Crippen molar-refractivity contribution in [2.75, 3.05) is 0 Å². The van der Waals surface area contributed by atoms with Gasteiger partial charge in [0.25, 0.3) is 5.56 Å².